The highest BCUT2D eigenvalue weighted by Gasteiger charge is 2.17. The molecule has 4 heteroatoms. The molecule has 2 aromatic carbocycles. The van der Waals surface area contributed by atoms with Crippen molar-refractivity contribution in [3.8, 4) is 11.5 Å². The maximum absolute atomic E-state index is 13.5. The number of carbonyl (C=O) groups is 1. The number of hydrogen-bond acceptors (Lipinski definition) is 3. The molecule has 1 heterocycles. The van der Waals surface area contributed by atoms with Gasteiger partial charge in [0.1, 0.15) is 5.82 Å². The summed E-state index contributed by atoms with van der Waals surface area (Å²) >= 11 is 0. The number of benzene rings is 2. The van der Waals surface area contributed by atoms with Gasteiger partial charge in [0.15, 0.2) is 17.3 Å². The molecule has 0 atom stereocenters. The van der Waals surface area contributed by atoms with Crippen LogP contribution in [-0.4, -0.2) is 12.6 Å². The summed E-state index contributed by atoms with van der Waals surface area (Å²) < 4.78 is 23.9. The first-order chi connectivity index (χ1) is 9.24. The first-order valence-electron chi connectivity index (χ1n) is 5.90. The van der Waals surface area contributed by atoms with Crippen molar-refractivity contribution >= 4 is 5.78 Å². The van der Waals surface area contributed by atoms with Gasteiger partial charge in [-0.1, -0.05) is 18.2 Å². The fourth-order valence-electron chi connectivity index (χ4n) is 1.99. The average Bonchev–Trinajstić information content (AvgIpc) is 2.88. The van der Waals surface area contributed by atoms with Crippen LogP contribution in [0.1, 0.15) is 15.9 Å². The molecule has 0 bridgehead atoms. The van der Waals surface area contributed by atoms with Crippen molar-refractivity contribution in [2.75, 3.05) is 6.79 Å². The molecule has 1 aliphatic rings. The minimum absolute atomic E-state index is 0.0340. The van der Waals surface area contributed by atoms with Crippen molar-refractivity contribution < 1.29 is 18.7 Å². The lowest BCUT2D eigenvalue weighted by molar-refractivity contribution is 0.0991. The standard InChI is InChI=1S/C15H11FO3/c16-12-4-2-1-3-10(12)7-13(17)11-5-6-14-15(8-11)19-9-18-14/h1-6,8H,7,9H2. The van der Waals surface area contributed by atoms with Crippen LogP contribution in [0.5, 0.6) is 11.5 Å². The average molecular weight is 258 g/mol. The molecule has 0 unspecified atom stereocenters. The Hall–Kier alpha value is -2.36. The molecule has 0 N–H and O–H groups in total. The van der Waals surface area contributed by atoms with E-state index in [0.29, 0.717) is 22.6 Å². The largest absolute Gasteiger partial charge is 0.454 e. The number of fused-ring (bicyclic) bond motifs is 1. The van der Waals surface area contributed by atoms with E-state index < -0.39 is 0 Å². The van der Waals surface area contributed by atoms with Gasteiger partial charge in [-0.2, -0.15) is 0 Å². The molecule has 0 fully saturated rings. The summed E-state index contributed by atoms with van der Waals surface area (Å²) in [6.45, 7) is 0.167. The van der Waals surface area contributed by atoms with Gasteiger partial charge >= 0.3 is 0 Å². The van der Waals surface area contributed by atoms with Gasteiger partial charge in [0.05, 0.1) is 0 Å². The van der Waals surface area contributed by atoms with E-state index in [1.165, 1.54) is 6.07 Å². The van der Waals surface area contributed by atoms with Crippen molar-refractivity contribution in [1.29, 1.82) is 0 Å². The van der Waals surface area contributed by atoms with E-state index >= 15 is 0 Å². The molecule has 0 aromatic heterocycles. The minimum atomic E-state index is -0.364. The third kappa shape index (κ3) is 2.29. The maximum atomic E-state index is 13.5. The Kier molecular flexibility index (Phi) is 2.91. The lowest BCUT2D eigenvalue weighted by Gasteiger charge is -2.04. The topological polar surface area (TPSA) is 35.5 Å². The zero-order valence-corrected chi connectivity index (χ0v) is 10.1. The molecule has 96 valence electrons. The highest BCUT2D eigenvalue weighted by molar-refractivity contribution is 5.98. The lowest BCUT2D eigenvalue weighted by atomic mass is 10.0. The molecule has 0 saturated carbocycles. The van der Waals surface area contributed by atoms with Crippen molar-refractivity contribution in [1.82, 2.24) is 0 Å². The number of hydrogen-bond donors (Lipinski definition) is 0. The van der Waals surface area contributed by atoms with Crippen LogP contribution in [-0.2, 0) is 6.42 Å². The van der Waals surface area contributed by atoms with Crippen LogP contribution in [0.3, 0.4) is 0 Å². The van der Waals surface area contributed by atoms with Crippen molar-refractivity contribution in [2.24, 2.45) is 0 Å². The molecule has 19 heavy (non-hydrogen) atoms. The molecule has 0 saturated heterocycles. The van der Waals surface area contributed by atoms with Gasteiger partial charge in [-0.25, -0.2) is 4.39 Å². The number of ketones is 1. The smallest absolute Gasteiger partial charge is 0.231 e. The number of rotatable bonds is 3. The summed E-state index contributed by atoms with van der Waals surface area (Å²) in [6, 6.07) is 11.3. The van der Waals surface area contributed by atoms with Gasteiger partial charge in [0.25, 0.3) is 0 Å². The zero-order chi connectivity index (χ0) is 13.2. The van der Waals surface area contributed by atoms with Gasteiger partial charge in [-0.05, 0) is 29.8 Å². The summed E-state index contributed by atoms with van der Waals surface area (Å²) in [7, 11) is 0. The fraction of sp³-hybridized carbons (Fsp3) is 0.133. The van der Waals surface area contributed by atoms with Crippen LogP contribution in [0.25, 0.3) is 0 Å². The molecule has 3 nitrogen and oxygen atoms in total. The Balaban J connectivity index is 1.83. The van der Waals surface area contributed by atoms with Gasteiger partial charge < -0.3 is 9.47 Å². The molecule has 3 rings (SSSR count). The van der Waals surface area contributed by atoms with E-state index in [-0.39, 0.29) is 24.8 Å². The zero-order valence-electron chi connectivity index (χ0n) is 10.1. The Bertz CT molecular complexity index is 637. The highest BCUT2D eigenvalue weighted by Crippen LogP contribution is 2.32. The Labute approximate surface area is 109 Å². The second-order valence-corrected chi connectivity index (χ2v) is 4.26. The number of halogens is 1. The van der Waals surface area contributed by atoms with Crippen molar-refractivity contribution in [3.63, 3.8) is 0 Å². The number of carbonyl (C=O) groups excluding carboxylic acids is 1. The van der Waals surface area contributed by atoms with E-state index in [2.05, 4.69) is 0 Å². The second kappa shape index (κ2) is 4.72. The minimum Gasteiger partial charge on any atom is -0.454 e. The van der Waals surface area contributed by atoms with E-state index in [9.17, 15) is 9.18 Å². The van der Waals surface area contributed by atoms with Crippen LogP contribution in [0.2, 0.25) is 0 Å². The molecule has 2 aromatic rings. The molecule has 1 aliphatic heterocycles. The number of ether oxygens (including phenoxy) is 2. The molecule has 0 spiro atoms. The second-order valence-electron chi connectivity index (χ2n) is 4.26. The first-order valence-corrected chi connectivity index (χ1v) is 5.90. The predicted octanol–water partition coefficient (Wildman–Crippen LogP) is 2.98. The van der Waals surface area contributed by atoms with E-state index in [1.807, 2.05) is 0 Å². The van der Waals surface area contributed by atoms with Gasteiger partial charge in [0.2, 0.25) is 6.79 Å². The van der Waals surface area contributed by atoms with Crippen molar-refractivity contribution in [2.45, 2.75) is 6.42 Å². The van der Waals surface area contributed by atoms with Gasteiger partial charge in [-0.15, -0.1) is 0 Å². The van der Waals surface area contributed by atoms with E-state index in [0.717, 1.165) is 0 Å². The third-order valence-corrected chi connectivity index (χ3v) is 3.00. The SMILES string of the molecule is O=C(Cc1ccccc1F)c1ccc2c(c1)OCO2. The molecule has 0 aliphatic carbocycles. The van der Waals surface area contributed by atoms with Crippen LogP contribution in [0.4, 0.5) is 4.39 Å². The number of Topliss-reactive ketones (excluding diaryl/α,β-unsaturated/α-hetero) is 1. The van der Waals surface area contributed by atoms with Crippen LogP contribution >= 0.6 is 0 Å². The summed E-state index contributed by atoms with van der Waals surface area (Å²) in [6.07, 6.45) is 0.0340. The van der Waals surface area contributed by atoms with Crippen LogP contribution in [0, 0.1) is 5.82 Å². The molecule has 0 radical (unpaired) electrons. The Morgan fingerprint density at radius 3 is 2.74 bits per heavy atom. The van der Waals surface area contributed by atoms with Crippen LogP contribution < -0.4 is 9.47 Å². The molecular weight excluding hydrogens is 247 g/mol. The van der Waals surface area contributed by atoms with E-state index in [4.69, 9.17) is 9.47 Å². The van der Waals surface area contributed by atoms with Gasteiger partial charge in [-0.3, -0.25) is 4.79 Å². The fourth-order valence-corrected chi connectivity index (χ4v) is 1.99. The summed E-state index contributed by atoms with van der Waals surface area (Å²) in [5.41, 5.74) is 0.887. The van der Waals surface area contributed by atoms with E-state index in [1.54, 1.807) is 36.4 Å². The van der Waals surface area contributed by atoms with Gasteiger partial charge in [0, 0.05) is 12.0 Å². The summed E-state index contributed by atoms with van der Waals surface area (Å²) in [4.78, 5) is 12.1. The quantitative estimate of drug-likeness (QED) is 0.794. The Morgan fingerprint density at radius 2 is 1.89 bits per heavy atom. The molecule has 0 amide bonds. The third-order valence-electron chi connectivity index (χ3n) is 3.00. The maximum Gasteiger partial charge on any atom is 0.231 e. The van der Waals surface area contributed by atoms with Crippen molar-refractivity contribution in [3.05, 3.63) is 59.4 Å². The first kappa shape index (κ1) is 11.7. The highest BCUT2D eigenvalue weighted by atomic mass is 19.1. The lowest BCUT2D eigenvalue weighted by Crippen LogP contribution is -2.05. The summed E-state index contributed by atoms with van der Waals surface area (Å²) in [5.74, 6) is 0.668. The van der Waals surface area contributed by atoms with Crippen LogP contribution in [0.15, 0.2) is 42.5 Å². The monoisotopic (exact) mass is 258 g/mol. The molecular formula is C15H11FO3. The predicted molar refractivity (Wildman–Crippen MR) is 67.0 cm³/mol. The normalized spacial score (nSPS) is 12.5. The summed E-state index contributed by atoms with van der Waals surface area (Å²) in [5, 5.41) is 0. The Morgan fingerprint density at radius 1 is 1.11 bits per heavy atom.